The summed E-state index contributed by atoms with van der Waals surface area (Å²) in [6, 6.07) is 8.13. The molecule has 156 valence electrons. The number of piperidine rings is 1. The van der Waals surface area contributed by atoms with Gasteiger partial charge in [0.25, 0.3) is 0 Å². The highest BCUT2D eigenvalue weighted by Gasteiger charge is 2.30. The number of rotatable bonds is 5. The number of halogens is 3. The Hall–Kier alpha value is -3.07. The molecule has 3 heterocycles. The van der Waals surface area contributed by atoms with Crippen molar-refractivity contribution in [2.45, 2.75) is 25.6 Å². The van der Waals surface area contributed by atoms with Crippen LogP contribution in [0.4, 0.5) is 13.2 Å². The van der Waals surface area contributed by atoms with Gasteiger partial charge in [-0.05, 0) is 43.7 Å². The van der Waals surface area contributed by atoms with E-state index >= 15 is 0 Å². The molecule has 0 radical (unpaired) electrons. The number of likely N-dealkylation sites (tertiary alicyclic amines) is 1. The van der Waals surface area contributed by atoms with Crippen LogP contribution in [0.25, 0.3) is 11.4 Å². The van der Waals surface area contributed by atoms with Crippen LogP contribution in [0, 0.1) is 5.92 Å². The highest BCUT2D eigenvalue weighted by Crippen LogP contribution is 2.30. The third kappa shape index (κ3) is 4.56. The molecule has 6 nitrogen and oxygen atoms in total. The van der Waals surface area contributed by atoms with Crippen molar-refractivity contribution in [1.29, 1.82) is 0 Å². The molecule has 0 saturated carbocycles. The van der Waals surface area contributed by atoms with Crippen molar-refractivity contribution in [3.05, 3.63) is 65.8 Å². The smallest absolute Gasteiger partial charge is 0.338 e. The number of ketones is 1. The fourth-order valence-electron chi connectivity index (χ4n) is 3.59. The quantitative estimate of drug-likeness (QED) is 0.579. The summed E-state index contributed by atoms with van der Waals surface area (Å²) in [5, 5.41) is 3.88. The molecule has 0 N–H and O–H groups in total. The lowest BCUT2D eigenvalue weighted by Gasteiger charge is -2.30. The van der Waals surface area contributed by atoms with Crippen molar-refractivity contribution < 1.29 is 22.5 Å². The van der Waals surface area contributed by atoms with E-state index in [4.69, 9.17) is 4.52 Å². The van der Waals surface area contributed by atoms with E-state index < -0.39 is 11.7 Å². The summed E-state index contributed by atoms with van der Waals surface area (Å²) in [5.74, 6) is 0.544. The highest BCUT2D eigenvalue weighted by molar-refractivity contribution is 5.97. The van der Waals surface area contributed by atoms with E-state index in [0.29, 0.717) is 30.1 Å². The number of hydrogen-bond acceptors (Lipinski definition) is 6. The third-order valence-electron chi connectivity index (χ3n) is 5.12. The van der Waals surface area contributed by atoms with Gasteiger partial charge in [0.05, 0.1) is 12.1 Å². The van der Waals surface area contributed by atoms with Crippen LogP contribution >= 0.6 is 0 Å². The molecule has 1 saturated heterocycles. The first kappa shape index (κ1) is 20.2. The third-order valence-corrected chi connectivity index (χ3v) is 5.12. The molecule has 0 spiro atoms. The lowest BCUT2D eigenvalue weighted by Crippen LogP contribution is -2.38. The maximum absolute atomic E-state index is 12.7. The molecule has 0 amide bonds. The van der Waals surface area contributed by atoms with Gasteiger partial charge < -0.3 is 4.52 Å². The molecule has 3 aromatic rings. The lowest BCUT2D eigenvalue weighted by molar-refractivity contribution is -0.137. The zero-order valence-corrected chi connectivity index (χ0v) is 16.0. The van der Waals surface area contributed by atoms with Crippen molar-refractivity contribution in [3.8, 4) is 11.4 Å². The molecule has 1 aliphatic rings. The second kappa shape index (κ2) is 8.35. The Labute approximate surface area is 170 Å². The molecule has 0 aliphatic carbocycles. The van der Waals surface area contributed by atoms with Crippen LogP contribution in [0.5, 0.6) is 0 Å². The minimum absolute atomic E-state index is 0.0729. The van der Waals surface area contributed by atoms with Gasteiger partial charge in [0, 0.05) is 36.0 Å². The van der Waals surface area contributed by atoms with Crippen molar-refractivity contribution in [1.82, 2.24) is 20.0 Å². The minimum atomic E-state index is -4.39. The first-order valence-electron chi connectivity index (χ1n) is 9.57. The summed E-state index contributed by atoms with van der Waals surface area (Å²) in [6.07, 6.45) is 0.504. The maximum atomic E-state index is 12.7. The van der Waals surface area contributed by atoms with Crippen LogP contribution in [0.2, 0.25) is 0 Å². The molecule has 9 heteroatoms. The van der Waals surface area contributed by atoms with Crippen LogP contribution in [0.3, 0.4) is 0 Å². The largest absolute Gasteiger partial charge is 0.416 e. The Morgan fingerprint density at radius 3 is 2.70 bits per heavy atom. The average Bonchev–Trinajstić information content (AvgIpc) is 3.22. The van der Waals surface area contributed by atoms with Crippen molar-refractivity contribution in [2.75, 3.05) is 13.1 Å². The fourth-order valence-corrected chi connectivity index (χ4v) is 3.59. The predicted octanol–water partition coefficient (Wildman–Crippen LogP) is 4.25. The van der Waals surface area contributed by atoms with Gasteiger partial charge >= 0.3 is 6.18 Å². The number of hydrogen-bond donors (Lipinski definition) is 0. The van der Waals surface area contributed by atoms with E-state index in [1.165, 1.54) is 12.1 Å². The van der Waals surface area contributed by atoms with E-state index in [2.05, 4.69) is 20.0 Å². The molecular weight excluding hydrogens is 397 g/mol. The van der Waals surface area contributed by atoms with E-state index in [9.17, 15) is 18.0 Å². The summed E-state index contributed by atoms with van der Waals surface area (Å²) < 4.78 is 43.4. The molecule has 4 rings (SSSR count). The second-order valence-corrected chi connectivity index (χ2v) is 7.27. The maximum Gasteiger partial charge on any atom is 0.416 e. The van der Waals surface area contributed by atoms with Crippen molar-refractivity contribution in [3.63, 3.8) is 0 Å². The Balaban J connectivity index is 1.40. The number of aromatic nitrogens is 3. The van der Waals surface area contributed by atoms with E-state index in [1.54, 1.807) is 24.5 Å². The molecule has 0 bridgehead atoms. The monoisotopic (exact) mass is 416 g/mol. The number of carbonyl (C=O) groups excluding carboxylic acids is 1. The number of Topliss-reactive ketones (excluding diaryl/α,β-unsaturated/α-hetero) is 1. The van der Waals surface area contributed by atoms with Gasteiger partial charge in [-0.25, -0.2) is 0 Å². The number of carbonyl (C=O) groups is 1. The SMILES string of the molecule is O=C(c1cccnc1)[C@H]1CCCN(Cc2nc(-c3ccc(C(F)(F)F)cc3)no2)C1. The van der Waals surface area contributed by atoms with Crippen LogP contribution in [-0.4, -0.2) is 38.9 Å². The molecule has 1 atom stereocenters. The van der Waals surface area contributed by atoms with Gasteiger partial charge in [-0.1, -0.05) is 17.3 Å². The Bertz CT molecular complexity index is 1000. The number of nitrogens with zero attached hydrogens (tertiary/aromatic N) is 4. The Kier molecular flexibility index (Phi) is 5.63. The van der Waals surface area contributed by atoms with Crippen LogP contribution in [0.15, 0.2) is 53.3 Å². The highest BCUT2D eigenvalue weighted by atomic mass is 19.4. The fraction of sp³-hybridized carbons (Fsp3) is 0.333. The van der Waals surface area contributed by atoms with Gasteiger partial charge in [-0.3, -0.25) is 14.7 Å². The molecule has 1 aromatic carbocycles. The Morgan fingerprint density at radius 2 is 2.00 bits per heavy atom. The first-order valence-corrected chi connectivity index (χ1v) is 9.57. The van der Waals surface area contributed by atoms with Gasteiger partial charge in [-0.2, -0.15) is 18.2 Å². The van der Waals surface area contributed by atoms with Crippen molar-refractivity contribution in [2.24, 2.45) is 5.92 Å². The summed E-state index contributed by atoms with van der Waals surface area (Å²) in [4.78, 5) is 23.1. The number of alkyl halides is 3. The topological polar surface area (TPSA) is 72.1 Å². The summed E-state index contributed by atoms with van der Waals surface area (Å²) in [7, 11) is 0. The summed E-state index contributed by atoms with van der Waals surface area (Å²) in [5.41, 5.74) is 0.320. The van der Waals surface area contributed by atoms with E-state index in [0.717, 1.165) is 31.5 Å². The van der Waals surface area contributed by atoms with Crippen LogP contribution in [-0.2, 0) is 12.7 Å². The minimum Gasteiger partial charge on any atom is -0.338 e. The summed E-state index contributed by atoms with van der Waals surface area (Å²) >= 11 is 0. The van der Waals surface area contributed by atoms with E-state index in [1.807, 2.05) is 0 Å². The van der Waals surface area contributed by atoms with Crippen LogP contribution in [0.1, 0.15) is 34.7 Å². The van der Waals surface area contributed by atoms with Gasteiger partial charge in [0.2, 0.25) is 11.7 Å². The second-order valence-electron chi connectivity index (χ2n) is 7.27. The van der Waals surface area contributed by atoms with Gasteiger partial charge in [0.15, 0.2) is 5.78 Å². The summed E-state index contributed by atoms with van der Waals surface area (Å²) in [6.45, 7) is 1.75. The number of pyridine rings is 1. The molecule has 30 heavy (non-hydrogen) atoms. The normalized spacial score (nSPS) is 17.8. The molecule has 1 fully saturated rings. The predicted molar refractivity (Wildman–Crippen MR) is 101 cm³/mol. The van der Waals surface area contributed by atoms with Gasteiger partial charge in [0.1, 0.15) is 0 Å². The van der Waals surface area contributed by atoms with Crippen LogP contribution < -0.4 is 0 Å². The first-order chi connectivity index (χ1) is 14.4. The molecule has 2 aromatic heterocycles. The van der Waals surface area contributed by atoms with Crippen molar-refractivity contribution >= 4 is 5.78 Å². The van der Waals surface area contributed by atoms with E-state index in [-0.39, 0.29) is 17.5 Å². The lowest BCUT2D eigenvalue weighted by atomic mass is 9.90. The Morgan fingerprint density at radius 1 is 1.20 bits per heavy atom. The zero-order chi connectivity index (χ0) is 21.1. The molecule has 1 aliphatic heterocycles. The standard InChI is InChI=1S/C21H19F3N4O2/c22-21(23,24)17-7-5-14(6-8-17)20-26-18(30-27-20)13-28-10-2-4-16(12-28)19(29)15-3-1-9-25-11-15/h1,3,5-9,11,16H,2,4,10,12-13H2/t16-/m0/s1. The molecule has 0 unspecified atom stereocenters. The molecular formula is C21H19F3N4O2. The number of benzene rings is 1. The zero-order valence-electron chi connectivity index (χ0n) is 16.0. The average molecular weight is 416 g/mol. The van der Waals surface area contributed by atoms with Gasteiger partial charge in [-0.15, -0.1) is 0 Å².